The lowest BCUT2D eigenvalue weighted by molar-refractivity contribution is -0.124. The van der Waals surface area contributed by atoms with Crippen molar-refractivity contribution in [3.8, 4) is 0 Å². The number of carbonyl (C=O) groups is 2. The molecule has 24 heavy (non-hydrogen) atoms. The normalized spacial score (nSPS) is 16.2. The van der Waals surface area contributed by atoms with E-state index in [2.05, 4.69) is 10.6 Å². The van der Waals surface area contributed by atoms with Crippen LogP contribution < -0.4 is 10.6 Å². The summed E-state index contributed by atoms with van der Waals surface area (Å²) in [5.74, 6) is -0.234. The highest BCUT2D eigenvalue weighted by Crippen LogP contribution is 2.36. The number of rotatable bonds is 5. The molecule has 2 aromatic rings. The summed E-state index contributed by atoms with van der Waals surface area (Å²) in [6.45, 7) is 0.538. The molecular formula is C18H17ClN2O2S. The molecule has 0 saturated heterocycles. The van der Waals surface area contributed by atoms with Gasteiger partial charge in [0.15, 0.2) is 0 Å². The molecule has 1 aliphatic heterocycles. The molecule has 1 atom stereocenters. The van der Waals surface area contributed by atoms with E-state index in [4.69, 9.17) is 11.6 Å². The second kappa shape index (κ2) is 7.73. The molecule has 1 aliphatic rings. The van der Waals surface area contributed by atoms with Gasteiger partial charge >= 0.3 is 0 Å². The van der Waals surface area contributed by atoms with E-state index in [-0.39, 0.29) is 18.2 Å². The van der Waals surface area contributed by atoms with E-state index < -0.39 is 5.25 Å². The lowest BCUT2D eigenvalue weighted by atomic mass is 10.1. The molecule has 0 unspecified atom stereocenters. The van der Waals surface area contributed by atoms with Gasteiger partial charge in [0, 0.05) is 22.9 Å². The third kappa shape index (κ3) is 4.30. The molecule has 124 valence electrons. The van der Waals surface area contributed by atoms with Crippen LogP contribution in [0.3, 0.4) is 0 Å². The van der Waals surface area contributed by atoms with Gasteiger partial charge in [-0.1, -0.05) is 35.9 Å². The molecule has 1 heterocycles. The Bertz CT molecular complexity index is 749. The van der Waals surface area contributed by atoms with E-state index in [1.54, 1.807) is 0 Å². The number of nitrogens with one attached hydrogen (secondary N) is 2. The SMILES string of the molecule is O=C(C[C@@H]1Sc2ccccc2NC1=O)NCCc1ccc(Cl)cc1. The maximum Gasteiger partial charge on any atom is 0.238 e. The maximum absolute atomic E-state index is 12.1. The molecule has 0 aliphatic carbocycles. The number of benzene rings is 2. The quantitative estimate of drug-likeness (QED) is 0.858. The second-order valence-electron chi connectivity index (χ2n) is 5.52. The third-order valence-electron chi connectivity index (χ3n) is 3.73. The monoisotopic (exact) mass is 360 g/mol. The minimum Gasteiger partial charge on any atom is -0.356 e. The molecule has 0 fully saturated rings. The maximum atomic E-state index is 12.1. The van der Waals surface area contributed by atoms with Crippen LogP contribution in [0.4, 0.5) is 5.69 Å². The summed E-state index contributed by atoms with van der Waals surface area (Å²) in [6.07, 6.45) is 0.904. The minimum absolute atomic E-state index is 0.115. The van der Waals surface area contributed by atoms with E-state index in [0.717, 1.165) is 22.6 Å². The Labute approximate surface area is 150 Å². The van der Waals surface area contributed by atoms with Crippen molar-refractivity contribution in [2.24, 2.45) is 0 Å². The number of thioether (sulfide) groups is 1. The molecule has 0 bridgehead atoms. The number of amides is 2. The lowest BCUT2D eigenvalue weighted by Gasteiger charge is -2.23. The van der Waals surface area contributed by atoms with Crippen molar-refractivity contribution in [2.45, 2.75) is 23.0 Å². The van der Waals surface area contributed by atoms with Crippen molar-refractivity contribution < 1.29 is 9.59 Å². The Balaban J connectivity index is 1.48. The third-order valence-corrected chi connectivity index (χ3v) is 5.25. The smallest absolute Gasteiger partial charge is 0.238 e. The van der Waals surface area contributed by atoms with Crippen molar-refractivity contribution in [1.82, 2.24) is 5.32 Å². The Morgan fingerprint density at radius 1 is 1.17 bits per heavy atom. The average Bonchev–Trinajstić information content (AvgIpc) is 2.57. The fourth-order valence-electron chi connectivity index (χ4n) is 2.46. The van der Waals surface area contributed by atoms with E-state index >= 15 is 0 Å². The van der Waals surface area contributed by atoms with Crippen molar-refractivity contribution >= 4 is 40.9 Å². The van der Waals surface area contributed by atoms with Crippen LogP contribution in [0, 0.1) is 0 Å². The van der Waals surface area contributed by atoms with Crippen molar-refractivity contribution in [2.75, 3.05) is 11.9 Å². The van der Waals surface area contributed by atoms with Gasteiger partial charge < -0.3 is 10.6 Å². The Hall–Kier alpha value is -1.98. The Morgan fingerprint density at radius 3 is 2.71 bits per heavy atom. The van der Waals surface area contributed by atoms with E-state index in [9.17, 15) is 9.59 Å². The van der Waals surface area contributed by atoms with Gasteiger partial charge in [-0.2, -0.15) is 0 Å². The van der Waals surface area contributed by atoms with Gasteiger partial charge in [0.1, 0.15) is 0 Å². The summed E-state index contributed by atoms with van der Waals surface area (Å²) in [6, 6.07) is 15.2. The van der Waals surface area contributed by atoms with Crippen LogP contribution in [0.1, 0.15) is 12.0 Å². The standard InChI is InChI=1S/C18H17ClN2O2S/c19-13-7-5-12(6-8-13)9-10-20-17(22)11-16-18(23)21-14-3-1-2-4-15(14)24-16/h1-8,16H,9-11H2,(H,20,22)(H,21,23)/t16-/m0/s1. The molecule has 0 aromatic heterocycles. The molecular weight excluding hydrogens is 344 g/mol. The van der Waals surface area contributed by atoms with Gasteiger partial charge in [0.25, 0.3) is 0 Å². The first-order valence-corrected chi connectivity index (χ1v) is 8.95. The van der Waals surface area contributed by atoms with Crippen LogP contribution >= 0.6 is 23.4 Å². The Morgan fingerprint density at radius 2 is 1.92 bits per heavy atom. The molecule has 2 amide bonds. The number of halogens is 1. The number of anilines is 1. The van der Waals surface area contributed by atoms with Crippen LogP contribution in [-0.4, -0.2) is 23.6 Å². The lowest BCUT2D eigenvalue weighted by Crippen LogP contribution is -2.35. The van der Waals surface area contributed by atoms with Crippen LogP contribution in [0.2, 0.25) is 5.02 Å². The second-order valence-corrected chi connectivity index (χ2v) is 7.20. The molecule has 0 radical (unpaired) electrons. The fourth-order valence-corrected chi connectivity index (χ4v) is 3.70. The Kier molecular flexibility index (Phi) is 5.43. The van der Waals surface area contributed by atoms with Crippen LogP contribution in [0.25, 0.3) is 0 Å². The summed E-state index contributed by atoms with van der Waals surface area (Å²) in [5, 5.41) is 6.03. The van der Waals surface area contributed by atoms with Gasteiger partial charge in [-0.25, -0.2) is 0 Å². The van der Waals surface area contributed by atoms with E-state index in [1.165, 1.54) is 11.8 Å². The number of hydrogen-bond acceptors (Lipinski definition) is 3. The number of para-hydroxylation sites is 1. The summed E-state index contributed by atoms with van der Waals surface area (Å²) >= 11 is 7.28. The summed E-state index contributed by atoms with van der Waals surface area (Å²) in [5.41, 5.74) is 1.92. The fraction of sp³-hybridized carbons (Fsp3) is 0.222. The van der Waals surface area contributed by atoms with Gasteiger partial charge in [-0.15, -0.1) is 11.8 Å². The van der Waals surface area contributed by atoms with Crippen molar-refractivity contribution in [3.63, 3.8) is 0 Å². The van der Waals surface area contributed by atoms with Crippen molar-refractivity contribution in [3.05, 3.63) is 59.1 Å². The van der Waals surface area contributed by atoms with E-state index in [0.29, 0.717) is 11.6 Å². The van der Waals surface area contributed by atoms with Crippen LogP contribution in [-0.2, 0) is 16.0 Å². The summed E-state index contributed by atoms with van der Waals surface area (Å²) < 4.78 is 0. The first kappa shape index (κ1) is 16.9. The van der Waals surface area contributed by atoms with Crippen LogP contribution in [0.15, 0.2) is 53.4 Å². The summed E-state index contributed by atoms with van der Waals surface area (Å²) in [7, 11) is 0. The zero-order valence-electron chi connectivity index (χ0n) is 12.9. The molecule has 2 aromatic carbocycles. The first-order valence-electron chi connectivity index (χ1n) is 7.69. The van der Waals surface area contributed by atoms with Gasteiger partial charge in [0.2, 0.25) is 11.8 Å². The molecule has 0 spiro atoms. The number of carbonyl (C=O) groups excluding carboxylic acids is 2. The summed E-state index contributed by atoms with van der Waals surface area (Å²) in [4.78, 5) is 25.2. The first-order chi connectivity index (χ1) is 11.6. The number of hydrogen-bond donors (Lipinski definition) is 2. The zero-order valence-corrected chi connectivity index (χ0v) is 14.5. The molecule has 3 rings (SSSR count). The highest BCUT2D eigenvalue weighted by atomic mass is 35.5. The molecule has 0 saturated carbocycles. The topological polar surface area (TPSA) is 58.2 Å². The van der Waals surface area contributed by atoms with Gasteiger partial charge in [-0.3, -0.25) is 9.59 Å². The molecule has 4 nitrogen and oxygen atoms in total. The highest BCUT2D eigenvalue weighted by molar-refractivity contribution is 8.01. The largest absolute Gasteiger partial charge is 0.356 e. The number of fused-ring (bicyclic) bond motifs is 1. The molecule has 6 heteroatoms. The minimum atomic E-state index is -0.393. The van der Waals surface area contributed by atoms with Crippen LogP contribution in [0.5, 0.6) is 0 Å². The van der Waals surface area contributed by atoms with E-state index in [1.807, 2.05) is 48.5 Å². The zero-order chi connectivity index (χ0) is 16.9. The highest BCUT2D eigenvalue weighted by Gasteiger charge is 2.28. The predicted molar refractivity (Wildman–Crippen MR) is 97.5 cm³/mol. The van der Waals surface area contributed by atoms with Crippen molar-refractivity contribution in [1.29, 1.82) is 0 Å². The predicted octanol–water partition coefficient (Wildman–Crippen LogP) is 3.50. The van der Waals surface area contributed by atoms with Gasteiger partial charge in [0.05, 0.1) is 10.9 Å². The molecule has 2 N–H and O–H groups in total. The van der Waals surface area contributed by atoms with Gasteiger partial charge in [-0.05, 0) is 36.2 Å². The average molecular weight is 361 g/mol.